The van der Waals surface area contributed by atoms with E-state index in [9.17, 15) is 0 Å². The topological polar surface area (TPSA) is 48.0 Å². The number of rotatable bonds is 2. The Kier molecular flexibility index (Phi) is 5.60. The molecule has 0 unspecified atom stereocenters. The first-order valence-electron chi connectivity index (χ1n) is 16.9. The first-order chi connectivity index (χ1) is 24.8. The van der Waals surface area contributed by atoms with E-state index in [0.29, 0.717) is 17.2 Å². The van der Waals surface area contributed by atoms with E-state index in [0.717, 1.165) is 60.2 Å². The molecule has 0 saturated heterocycles. The van der Waals surface area contributed by atoms with E-state index in [2.05, 4.69) is 155 Å². The minimum Gasteiger partial charge on any atom is -0.309 e. The standard InChI is InChI=1S/C45H27N5/c1-3-11-28(12-4-1)43-46-44-33-16-10-15-31(24-33)29-13-9-14-30(23-29)32-21-22-40-36(25-32)38-27-42-37(26-41(38)49(40)34-17-5-2-6-18-34)35-19-7-8-20-39(35)50(42)45(47-43)48-44/h1-27H. The lowest BCUT2D eigenvalue weighted by molar-refractivity contribution is 1.10. The van der Waals surface area contributed by atoms with Crippen molar-refractivity contribution < 1.29 is 0 Å². The van der Waals surface area contributed by atoms with Gasteiger partial charge in [-0.05, 0) is 76.1 Å². The molecule has 0 amide bonds. The van der Waals surface area contributed by atoms with Gasteiger partial charge in [-0.25, -0.2) is 4.98 Å². The molecule has 232 valence electrons. The smallest absolute Gasteiger partial charge is 0.238 e. The third-order valence-corrected chi connectivity index (χ3v) is 10.1. The summed E-state index contributed by atoms with van der Waals surface area (Å²) in [4.78, 5) is 15.5. The maximum Gasteiger partial charge on any atom is 0.238 e. The van der Waals surface area contributed by atoms with Crippen LogP contribution in [-0.4, -0.2) is 23.9 Å². The molecule has 0 aliphatic carbocycles. The fourth-order valence-corrected chi connectivity index (χ4v) is 7.76. The van der Waals surface area contributed by atoms with Gasteiger partial charge in [0.2, 0.25) is 5.78 Å². The van der Waals surface area contributed by atoms with Crippen molar-refractivity contribution in [3.63, 3.8) is 0 Å². The monoisotopic (exact) mass is 637 g/mol. The fourth-order valence-electron chi connectivity index (χ4n) is 7.76. The lowest BCUT2D eigenvalue weighted by atomic mass is 10.0. The van der Waals surface area contributed by atoms with Crippen molar-refractivity contribution in [1.29, 1.82) is 0 Å². The summed E-state index contributed by atoms with van der Waals surface area (Å²) in [6, 6.07) is 58.3. The Labute approximate surface area is 286 Å². The summed E-state index contributed by atoms with van der Waals surface area (Å²) in [7, 11) is 0. The second kappa shape index (κ2) is 10.3. The summed E-state index contributed by atoms with van der Waals surface area (Å²) >= 11 is 0. The van der Waals surface area contributed by atoms with Gasteiger partial charge < -0.3 is 4.57 Å². The van der Waals surface area contributed by atoms with Gasteiger partial charge >= 0.3 is 0 Å². The van der Waals surface area contributed by atoms with Crippen LogP contribution in [0.1, 0.15) is 0 Å². The fraction of sp³-hybridized carbons (Fsp3) is 0. The Morgan fingerprint density at radius 3 is 1.78 bits per heavy atom. The first-order valence-corrected chi connectivity index (χ1v) is 16.9. The molecule has 50 heavy (non-hydrogen) atoms. The highest BCUT2D eigenvalue weighted by molar-refractivity contribution is 6.19. The van der Waals surface area contributed by atoms with Crippen molar-refractivity contribution >= 4 is 82.0 Å². The van der Waals surface area contributed by atoms with E-state index in [4.69, 9.17) is 15.0 Å². The highest BCUT2D eigenvalue weighted by Crippen LogP contribution is 2.39. The zero-order valence-electron chi connectivity index (χ0n) is 26.8. The Morgan fingerprint density at radius 1 is 0.360 bits per heavy atom. The summed E-state index contributed by atoms with van der Waals surface area (Å²) in [5.74, 6) is 1.22. The minimum absolute atomic E-state index is 0.589. The van der Waals surface area contributed by atoms with Gasteiger partial charge in [0.25, 0.3) is 0 Å². The van der Waals surface area contributed by atoms with Crippen molar-refractivity contribution in [2.75, 3.05) is 0 Å². The van der Waals surface area contributed by atoms with E-state index in [1.807, 2.05) is 18.2 Å². The van der Waals surface area contributed by atoms with Crippen molar-refractivity contribution in [2.24, 2.45) is 0 Å². The average molecular weight is 638 g/mol. The van der Waals surface area contributed by atoms with Crippen molar-refractivity contribution in [1.82, 2.24) is 23.9 Å². The summed E-state index contributed by atoms with van der Waals surface area (Å²) in [6.07, 6.45) is 0. The molecule has 5 heteroatoms. The molecule has 5 nitrogen and oxygen atoms in total. The number of para-hydroxylation sites is 2. The van der Waals surface area contributed by atoms with Gasteiger partial charge in [0.1, 0.15) is 0 Å². The van der Waals surface area contributed by atoms with Gasteiger partial charge in [-0.15, -0.1) is 0 Å². The van der Waals surface area contributed by atoms with E-state index in [1.165, 1.54) is 21.5 Å². The predicted molar refractivity (Wildman–Crippen MR) is 207 cm³/mol. The van der Waals surface area contributed by atoms with Crippen LogP contribution in [-0.2, 0) is 0 Å². The Balaban J connectivity index is 1.44. The van der Waals surface area contributed by atoms with Gasteiger partial charge in [0.05, 0.1) is 22.1 Å². The number of hydrogen-bond acceptors (Lipinski definition) is 3. The van der Waals surface area contributed by atoms with Gasteiger partial charge in [0.15, 0.2) is 11.5 Å². The Hall–Kier alpha value is -6.85. The van der Waals surface area contributed by atoms with Crippen LogP contribution >= 0.6 is 0 Å². The molecule has 0 spiro atoms. The molecule has 4 heterocycles. The number of benzene rings is 7. The predicted octanol–water partition coefficient (Wildman–Crippen LogP) is 11.2. The maximum absolute atomic E-state index is 5.25. The second-order valence-electron chi connectivity index (χ2n) is 13.0. The Morgan fingerprint density at radius 2 is 0.980 bits per heavy atom. The summed E-state index contributed by atoms with van der Waals surface area (Å²) in [6.45, 7) is 0. The SMILES string of the molecule is c1ccc(-c2nc3nc(n2)n2c4ccccc4c4cc5c(cc42)c2cc(ccc2n5-c2ccccc2)c2cccc(c2)c2cccc3c2)cc1. The largest absolute Gasteiger partial charge is 0.309 e. The van der Waals surface area contributed by atoms with Crippen LogP contribution < -0.4 is 0 Å². The molecule has 0 fully saturated rings. The molecule has 0 aliphatic heterocycles. The lowest BCUT2D eigenvalue weighted by Gasteiger charge is -2.08. The maximum atomic E-state index is 5.25. The molecular weight excluding hydrogens is 611 g/mol. The molecule has 0 radical (unpaired) electrons. The highest BCUT2D eigenvalue weighted by atomic mass is 15.1. The zero-order valence-corrected chi connectivity index (χ0v) is 26.8. The third kappa shape index (κ3) is 3.98. The average Bonchev–Trinajstić information content (AvgIpc) is 3.69. The van der Waals surface area contributed by atoms with E-state index in [1.54, 1.807) is 0 Å². The van der Waals surface area contributed by atoms with E-state index in [-0.39, 0.29) is 0 Å². The number of aromatic nitrogens is 5. The molecule has 11 aromatic rings. The van der Waals surface area contributed by atoms with Crippen LogP contribution in [0.5, 0.6) is 0 Å². The molecule has 0 N–H and O–H groups in total. The number of nitrogens with zero attached hydrogens (tertiary/aromatic N) is 5. The van der Waals surface area contributed by atoms with Gasteiger partial charge in [-0.2, -0.15) is 9.97 Å². The van der Waals surface area contributed by atoms with Gasteiger partial charge in [0, 0.05) is 38.2 Å². The van der Waals surface area contributed by atoms with Gasteiger partial charge in [-0.1, -0.05) is 109 Å². The van der Waals surface area contributed by atoms with E-state index < -0.39 is 0 Å². The minimum atomic E-state index is 0.589. The van der Waals surface area contributed by atoms with Crippen LogP contribution in [0.3, 0.4) is 0 Å². The third-order valence-electron chi connectivity index (χ3n) is 10.1. The lowest BCUT2D eigenvalue weighted by Crippen LogP contribution is -1.98. The van der Waals surface area contributed by atoms with Crippen LogP contribution in [0, 0.1) is 0 Å². The van der Waals surface area contributed by atoms with Crippen LogP contribution in [0.15, 0.2) is 164 Å². The molecule has 10 bridgehead atoms. The molecule has 7 aromatic carbocycles. The molecule has 4 aromatic heterocycles. The second-order valence-corrected chi connectivity index (χ2v) is 13.0. The zero-order chi connectivity index (χ0) is 32.8. The van der Waals surface area contributed by atoms with Crippen LogP contribution in [0.25, 0.3) is 99.0 Å². The van der Waals surface area contributed by atoms with Crippen molar-refractivity contribution in [2.45, 2.75) is 0 Å². The summed E-state index contributed by atoms with van der Waals surface area (Å²) < 4.78 is 4.61. The highest BCUT2D eigenvalue weighted by Gasteiger charge is 2.18. The molecule has 0 aliphatic rings. The van der Waals surface area contributed by atoms with Crippen molar-refractivity contribution in [3.05, 3.63) is 164 Å². The van der Waals surface area contributed by atoms with E-state index >= 15 is 0 Å². The van der Waals surface area contributed by atoms with Crippen LogP contribution in [0.4, 0.5) is 0 Å². The summed E-state index contributed by atoms with van der Waals surface area (Å²) in [5, 5.41) is 10.2. The molecule has 0 atom stereocenters. The quantitative estimate of drug-likeness (QED) is 0.189. The molecule has 11 rings (SSSR count). The number of fused-ring (bicyclic) bond motifs is 14. The van der Waals surface area contributed by atoms with Crippen LogP contribution in [0.2, 0.25) is 0 Å². The first kappa shape index (κ1) is 27.1. The van der Waals surface area contributed by atoms with Crippen molar-refractivity contribution in [3.8, 4) is 17.1 Å². The summed E-state index contributed by atoms with van der Waals surface area (Å²) in [5.41, 5.74) is 7.13. The molecular formula is C45H27N5. The number of hydrogen-bond donors (Lipinski definition) is 0. The molecule has 0 saturated carbocycles. The van der Waals surface area contributed by atoms with Gasteiger partial charge in [-0.3, -0.25) is 4.40 Å². The Bertz CT molecular complexity index is 3190. The normalized spacial score (nSPS) is 12.0.